The minimum absolute atomic E-state index is 0.199. The number of ether oxygens (including phenoxy) is 3. The zero-order valence-electron chi connectivity index (χ0n) is 15.5. The molecule has 0 amide bonds. The van der Waals surface area contributed by atoms with Crippen LogP contribution in [0.15, 0.2) is 48.5 Å². The summed E-state index contributed by atoms with van der Waals surface area (Å²) in [5, 5.41) is 0.710. The van der Waals surface area contributed by atoms with Crippen molar-refractivity contribution >= 4 is 17.6 Å². The lowest BCUT2D eigenvalue weighted by atomic mass is 9.90. The Balaban J connectivity index is 1.78. The van der Waals surface area contributed by atoms with Gasteiger partial charge < -0.3 is 14.2 Å². The molecule has 0 heterocycles. The lowest BCUT2D eigenvalue weighted by Crippen LogP contribution is -2.28. The summed E-state index contributed by atoms with van der Waals surface area (Å²) in [6, 6.07) is 15.0. The van der Waals surface area contributed by atoms with Crippen LogP contribution in [0.4, 0.5) is 0 Å². The molecule has 2 aromatic carbocycles. The number of rotatable bonds is 9. The standard InChI is InChI=1S/C21H25ClO4/c1-4-24-20(23)21(2,3)13-14-25-18-9-11-19(12-10-18)26-15-16-5-7-17(22)8-6-16/h5-12H,4,13-15H2,1-3H3. The van der Waals surface area contributed by atoms with Crippen molar-refractivity contribution in [3.8, 4) is 11.5 Å². The molecule has 0 aliphatic carbocycles. The number of halogens is 1. The van der Waals surface area contributed by atoms with E-state index in [0.717, 1.165) is 17.1 Å². The van der Waals surface area contributed by atoms with Gasteiger partial charge in [-0.25, -0.2) is 0 Å². The number of hydrogen-bond acceptors (Lipinski definition) is 4. The van der Waals surface area contributed by atoms with Gasteiger partial charge in [-0.2, -0.15) is 0 Å². The average Bonchev–Trinajstić information content (AvgIpc) is 2.62. The highest BCUT2D eigenvalue weighted by Crippen LogP contribution is 2.24. The van der Waals surface area contributed by atoms with Gasteiger partial charge in [0.15, 0.2) is 0 Å². The Morgan fingerprint density at radius 2 is 1.54 bits per heavy atom. The first-order valence-electron chi connectivity index (χ1n) is 8.68. The van der Waals surface area contributed by atoms with E-state index in [1.54, 1.807) is 6.92 Å². The molecular formula is C21H25ClO4. The van der Waals surface area contributed by atoms with E-state index in [9.17, 15) is 4.79 Å². The first-order chi connectivity index (χ1) is 12.4. The van der Waals surface area contributed by atoms with E-state index in [0.29, 0.717) is 31.3 Å². The molecule has 2 rings (SSSR count). The summed E-state index contributed by atoms with van der Waals surface area (Å²) < 4.78 is 16.5. The van der Waals surface area contributed by atoms with Gasteiger partial charge in [0, 0.05) is 5.02 Å². The Labute approximate surface area is 160 Å². The summed E-state index contributed by atoms with van der Waals surface area (Å²) in [6.07, 6.45) is 0.584. The number of carbonyl (C=O) groups is 1. The molecule has 5 heteroatoms. The van der Waals surface area contributed by atoms with E-state index in [2.05, 4.69) is 0 Å². The maximum Gasteiger partial charge on any atom is 0.311 e. The molecule has 0 aliphatic rings. The molecule has 26 heavy (non-hydrogen) atoms. The van der Waals surface area contributed by atoms with E-state index in [4.69, 9.17) is 25.8 Å². The highest BCUT2D eigenvalue weighted by molar-refractivity contribution is 6.30. The van der Waals surface area contributed by atoms with Gasteiger partial charge in [0.05, 0.1) is 18.6 Å². The third-order valence-electron chi connectivity index (χ3n) is 3.97. The quantitative estimate of drug-likeness (QED) is 0.559. The molecular weight excluding hydrogens is 352 g/mol. The average molecular weight is 377 g/mol. The molecule has 2 aromatic rings. The molecule has 0 saturated carbocycles. The fraction of sp³-hybridized carbons (Fsp3) is 0.381. The van der Waals surface area contributed by atoms with Gasteiger partial charge in [0.1, 0.15) is 18.1 Å². The van der Waals surface area contributed by atoms with Gasteiger partial charge in [-0.1, -0.05) is 23.7 Å². The molecule has 0 atom stereocenters. The van der Waals surface area contributed by atoms with E-state index >= 15 is 0 Å². The van der Waals surface area contributed by atoms with Crippen LogP contribution in [0.25, 0.3) is 0 Å². The van der Waals surface area contributed by atoms with Crippen molar-refractivity contribution in [2.75, 3.05) is 13.2 Å². The van der Waals surface area contributed by atoms with Crippen molar-refractivity contribution in [3.63, 3.8) is 0 Å². The number of benzene rings is 2. The predicted octanol–water partition coefficient (Wildman–Crippen LogP) is 5.28. The van der Waals surface area contributed by atoms with Crippen LogP contribution in [-0.4, -0.2) is 19.2 Å². The van der Waals surface area contributed by atoms with Crippen molar-refractivity contribution in [2.24, 2.45) is 5.41 Å². The Morgan fingerprint density at radius 3 is 2.12 bits per heavy atom. The zero-order chi connectivity index (χ0) is 19.0. The third kappa shape index (κ3) is 6.26. The fourth-order valence-corrected chi connectivity index (χ4v) is 2.36. The maximum absolute atomic E-state index is 11.9. The highest BCUT2D eigenvalue weighted by Gasteiger charge is 2.28. The van der Waals surface area contributed by atoms with Crippen molar-refractivity contribution in [1.29, 1.82) is 0 Å². The van der Waals surface area contributed by atoms with E-state index in [-0.39, 0.29) is 5.97 Å². The molecule has 0 spiro atoms. The van der Waals surface area contributed by atoms with Crippen molar-refractivity contribution in [2.45, 2.75) is 33.8 Å². The summed E-state index contributed by atoms with van der Waals surface area (Å²) in [7, 11) is 0. The van der Waals surface area contributed by atoms with Crippen LogP contribution >= 0.6 is 11.6 Å². The Morgan fingerprint density at radius 1 is 0.962 bits per heavy atom. The minimum Gasteiger partial charge on any atom is -0.494 e. The van der Waals surface area contributed by atoms with Crippen LogP contribution in [0.1, 0.15) is 32.8 Å². The monoisotopic (exact) mass is 376 g/mol. The molecule has 0 aromatic heterocycles. The molecule has 0 aliphatic heterocycles. The molecule has 0 fully saturated rings. The van der Waals surface area contributed by atoms with Crippen molar-refractivity contribution in [1.82, 2.24) is 0 Å². The van der Waals surface area contributed by atoms with E-state index in [1.807, 2.05) is 62.4 Å². The van der Waals surface area contributed by atoms with Crippen LogP contribution in [0.3, 0.4) is 0 Å². The minimum atomic E-state index is -0.558. The third-order valence-corrected chi connectivity index (χ3v) is 4.22. The predicted molar refractivity (Wildman–Crippen MR) is 103 cm³/mol. The van der Waals surface area contributed by atoms with Gasteiger partial charge in [-0.3, -0.25) is 4.79 Å². The molecule has 0 bridgehead atoms. The summed E-state index contributed by atoms with van der Waals surface area (Å²) >= 11 is 5.87. The van der Waals surface area contributed by atoms with Gasteiger partial charge in [0.25, 0.3) is 0 Å². The first kappa shape index (κ1) is 20.1. The Kier molecular flexibility index (Phi) is 7.34. The van der Waals surface area contributed by atoms with Crippen LogP contribution < -0.4 is 9.47 Å². The summed E-state index contributed by atoms with van der Waals surface area (Å²) in [6.45, 7) is 6.84. The van der Waals surface area contributed by atoms with Gasteiger partial charge in [-0.05, 0) is 69.2 Å². The van der Waals surface area contributed by atoms with Crippen molar-refractivity contribution < 1.29 is 19.0 Å². The smallest absolute Gasteiger partial charge is 0.311 e. The SMILES string of the molecule is CCOC(=O)C(C)(C)CCOc1ccc(OCc2ccc(Cl)cc2)cc1. The molecule has 4 nitrogen and oxygen atoms in total. The first-order valence-corrected chi connectivity index (χ1v) is 9.06. The molecule has 0 saturated heterocycles. The summed E-state index contributed by atoms with van der Waals surface area (Å²) in [5.41, 5.74) is 0.494. The highest BCUT2D eigenvalue weighted by atomic mass is 35.5. The van der Waals surface area contributed by atoms with Crippen LogP contribution in [0, 0.1) is 5.41 Å². The van der Waals surface area contributed by atoms with Gasteiger partial charge >= 0.3 is 5.97 Å². The topological polar surface area (TPSA) is 44.8 Å². The normalized spacial score (nSPS) is 11.1. The van der Waals surface area contributed by atoms with E-state index in [1.165, 1.54) is 0 Å². The van der Waals surface area contributed by atoms with Crippen LogP contribution in [-0.2, 0) is 16.1 Å². The number of carbonyl (C=O) groups excluding carboxylic acids is 1. The summed E-state index contributed by atoms with van der Waals surface area (Å²) in [5.74, 6) is 1.30. The number of esters is 1. The lowest BCUT2D eigenvalue weighted by molar-refractivity contribution is -0.154. The molecule has 0 unspecified atom stereocenters. The second-order valence-electron chi connectivity index (χ2n) is 6.59. The maximum atomic E-state index is 11.9. The Bertz CT molecular complexity index is 693. The largest absolute Gasteiger partial charge is 0.494 e. The van der Waals surface area contributed by atoms with Crippen LogP contribution in [0.5, 0.6) is 11.5 Å². The van der Waals surface area contributed by atoms with Gasteiger partial charge in [0.2, 0.25) is 0 Å². The fourth-order valence-electron chi connectivity index (χ4n) is 2.23. The van der Waals surface area contributed by atoms with Crippen molar-refractivity contribution in [3.05, 3.63) is 59.1 Å². The Hall–Kier alpha value is -2.20. The molecule has 140 valence electrons. The second-order valence-corrected chi connectivity index (χ2v) is 7.03. The van der Waals surface area contributed by atoms with Crippen LogP contribution in [0.2, 0.25) is 5.02 Å². The number of hydrogen-bond donors (Lipinski definition) is 0. The zero-order valence-corrected chi connectivity index (χ0v) is 16.2. The van der Waals surface area contributed by atoms with E-state index < -0.39 is 5.41 Å². The molecule has 0 radical (unpaired) electrons. The summed E-state index contributed by atoms with van der Waals surface area (Å²) in [4.78, 5) is 11.9. The molecule has 0 N–H and O–H groups in total. The second kappa shape index (κ2) is 9.48. The van der Waals surface area contributed by atoms with Gasteiger partial charge in [-0.15, -0.1) is 0 Å². The lowest BCUT2D eigenvalue weighted by Gasteiger charge is -2.22.